The molecule has 0 radical (unpaired) electrons. The quantitative estimate of drug-likeness (QED) is 0.542. The lowest BCUT2D eigenvalue weighted by Crippen LogP contribution is -2.12. The van der Waals surface area contributed by atoms with Gasteiger partial charge in [0.05, 0.1) is 6.61 Å². The van der Waals surface area contributed by atoms with Crippen molar-refractivity contribution in [3.63, 3.8) is 0 Å². The first kappa shape index (κ1) is 16.2. The Labute approximate surface area is 131 Å². The molecule has 0 spiro atoms. The number of aryl methyl sites for hydroxylation is 2. The molecule has 0 heterocycles. The van der Waals surface area contributed by atoms with Crippen molar-refractivity contribution in [2.24, 2.45) is 11.5 Å². The molecular formula is C18H23N3O. The number of methoxy groups -OCH3 is 1. The van der Waals surface area contributed by atoms with Gasteiger partial charge in [0.1, 0.15) is 5.84 Å². The molecule has 0 unspecified atom stereocenters. The molecule has 116 valence electrons. The number of hydrogen-bond donors (Lipinski definition) is 3. The molecule has 4 nitrogen and oxygen atoms in total. The predicted octanol–water partition coefficient (Wildman–Crippen LogP) is 2.36. The molecule has 0 saturated carbocycles. The number of nitrogens with two attached hydrogens (primary N) is 2. The maximum atomic E-state index is 7.58. The van der Waals surface area contributed by atoms with Crippen molar-refractivity contribution in [1.82, 2.24) is 0 Å². The lowest BCUT2D eigenvalue weighted by atomic mass is 9.97. The zero-order valence-corrected chi connectivity index (χ0v) is 12.9. The molecule has 0 aromatic heterocycles. The van der Waals surface area contributed by atoms with Crippen LogP contribution in [0.25, 0.3) is 0 Å². The standard InChI is InChI=1S/C18H23N3O/c1-22-12-17-9-8-16(18(20)21)10-15(17)7-6-13-2-4-14(11-19)5-3-13/h2-5,8-10H,6-7,11-12,19H2,1H3,(H3,20,21). The van der Waals surface area contributed by atoms with Crippen LogP contribution < -0.4 is 11.5 Å². The fourth-order valence-electron chi connectivity index (χ4n) is 2.44. The summed E-state index contributed by atoms with van der Waals surface area (Å²) in [6, 6.07) is 14.2. The molecule has 4 heteroatoms. The topological polar surface area (TPSA) is 85.1 Å². The van der Waals surface area contributed by atoms with Gasteiger partial charge >= 0.3 is 0 Å². The van der Waals surface area contributed by atoms with E-state index in [9.17, 15) is 0 Å². The Bertz CT molecular complexity index is 635. The van der Waals surface area contributed by atoms with Crippen LogP contribution in [0.1, 0.15) is 27.8 Å². The van der Waals surface area contributed by atoms with Gasteiger partial charge in [0.25, 0.3) is 0 Å². The average molecular weight is 297 g/mol. The molecule has 2 aromatic rings. The molecule has 0 bridgehead atoms. The minimum atomic E-state index is 0.0949. The highest BCUT2D eigenvalue weighted by Crippen LogP contribution is 2.16. The fourth-order valence-corrected chi connectivity index (χ4v) is 2.44. The summed E-state index contributed by atoms with van der Waals surface area (Å²) in [7, 11) is 1.69. The van der Waals surface area contributed by atoms with E-state index in [2.05, 4.69) is 24.3 Å². The van der Waals surface area contributed by atoms with Gasteiger partial charge in [-0.1, -0.05) is 36.4 Å². The highest BCUT2D eigenvalue weighted by molar-refractivity contribution is 5.95. The molecule has 0 aliphatic heterocycles. The van der Waals surface area contributed by atoms with Crippen LogP contribution in [-0.4, -0.2) is 12.9 Å². The molecule has 5 N–H and O–H groups in total. The smallest absolute Gasteiger partial charge is 0.122 e. The van der Waals surface area contributed by atoms with E-state index < -0.39 is 0 Å². The van der Waals surface area contributed by atoms with Crippen molar-refractivity contribution in [3.05, 3.63) is 70.3 Å². The Balaban J connectivity index is 2.15. The van der Waals surface area contributed by atoms with Crippen molar-refractivity contribution < 1.29 is 4.74 Å². The molecular weight excluding hydrogens is 274 g/mol. The molecule has 0 aliphatic carbocycles. The second-order valence-electron chi connectivity index (χ2n) is 5.35. The normalized spacial score (nSPS) is 10.6. The van der Waals surface area contributed by atoms with Crippen molar-refractivity contribution in [2.75, 3.05) is 7.11 Å². The molecule has 2 rings (SSSR count). The Morgan fingerprint density at radius 1 is 1.00 bits per heavy atom. The zero-order chi connectivity index (χ0) is 15.9. The van der Waals surface area contributed by atoms with Crippen LogP contribution in [-0.2, 0) is 30.7 Å². The fraction of sp³-hybridized carbons (Fsp3) is 0.278. The maximum Gasteiger partial charge on any atom is 0.122 e. The first-order valence-corrected chi connectivity index (χ1v) is 7.37. The SMILES string of the molecule is COCc1ccc(C(=N)N)cc1CCc1ccc(CN)cc1. The van der Waals surface area contributed by atoms with Gasteiger partial charge in [0, 0.05) is 19.2 Å². The predicted molar refractivity (Wildman–Crippen MR) is 89.9 cm³/mol. The Hall–Kier alpha value is -2.17. The second kappa shape index (κ2) is 7.73. The van der Waals surface area contributed by atoms with E-state index in [0.29, 0.717) is 13.2 Å². The van der Waals surface area contributed by atoms with Crippen LogP contribution in [0.4, 0.5) is 0 Å². The average Bonchev–Trinajstić information content (AvgIpc) is 2.54. The zero-order valence-electron chi connectivity index (χ0n) is 12.9. The van der Waals surface area contributed by atoms with Gasteiger partial charge in [-0.25, -0.2) is 0 Å². The second-order valence-corrected chi connectivity index (χ2v) is 5.35. The number of nitrogen functional groups attached to an aromatic ring is 1. The summed E-state index contributed by atoms with van der Waals surface area (Å²) in [6.07, 6.45) is 1.82. The number of benzene rings is 2. The summed E-state index contributed by atoms with van der Waals surface area (Å²) in [5, 5.41) is 7.58. The summed E-state index contributed by atoms with van der Waals surface area (Å²) in [5.74, 6) is 0.0949. The third-order valence-corrected chi connectivity index (χ3v) is 3.76. The van der Waals surface area contributed by atoms with Gasteiger partial charge in [-0.2, -0.15) is 0 Å². The number of amidine groups is 1. The van der Waals surface area contributed by atoms with Gasteiger partial charge in [-0.05, 0) is 41.2 Å². The molecule has 0 amide bonds. The van der Waals surface area contributed by atoms with E-state index >= 15 is 0 Å². The number of hydrogen-bond acceptors (Lipinski definition) is 3. The Morgan fingerprint density at radius 2 is 1.68 bits per heavy atom. The molecule has 0 atom stereocenters. The van der Waals surface area contributed by atoms with Crippen molar-refractivity contribution in [1.29, 1.82) is 5.41 Å². The van der Waals surface area contributed by atoms with Crippen molar-refractivity contribution in [2.45, 2.75) is 26.0 Å². The molecule has 0 aliphatic rings. The van der Waals surface area contributed by atoms with Gasteiger partial charge in [0.2, 0.25) is 0 Å². The van der Waals surface area contributed by atoms with E-state index in [1.165, 1.54) is 11.1 Å². The third kappa shape index (κ3) is 4.16. The first-order chi connectivity index (χ1) is 10.6. The molecule has 22 heavy (non-hydrogen) atoms. The largest absolute Gasteiger partial charge is 0.384 e. The summed E-state index contributed by atoms with van der Waals surface area (Å²) >= 11 is 0. The highest BCUT2D eigenvalue weighted by Gasteiger charge is 2.06. The van der Waals surface area contributed by atoms with Crippen LogP contribution in [0.15, 0.2) is 42.5 Å². The Kier molecular flexibility index (Phi) is 5.69. The van der Waals surface area contributed by atoms with Crippen molar-refractivity contribution in [3.8, 4) is 0 Å². The highest BCUT2D eigenvalue weighted by atomic mass is 16.5. The summed E-state index contributed by atoms with van der Waals surface area (Å²) in [5.41, 5.74) is 16.7. The van der Waals surface area contributed by atoms with E-state index in [1.807, 2.05) is 18.2 Å². The van der Waals surface area contributed by atoms with Gasteiger partial charge in [-0.3, -0.25) is 5.41 Å². The van der Waals surface area contributed by atoms with Gasteiger partial charge in [-0.15, -0.1) is 0 Å². The minimum absolute atomic E-state index is 0.0949. The Morgan fingerprint density at radius 3 is 2.27 bits per heavy atom. The maximum absolute atomic E-state index is 7.58. The lowest BCUT2D eigenvalue weighted by Gasteiger charge is -2.11. The monoisotopic (exact) mass is 297 g/mol. The lowest BCUT2D eigenvalue weighted by molar-refractivity contribution is 0.184. The van der Waals surface area contributed by atoms with E-state index in [-0.39, 0.29) is 5.84 Å². The number of nitrogens with one attached hydrogen (secondary N) is 1. The summed E-state index contributed by atoms with van der Waals surface area (Å²) < 4.78 is 5.25. The van der Waals surface area contributed by atoms with Crippen LogP contribution in [0, 0.1) is 5.41 Å². The third-order valence-electron chi connectivity index (χ3n) is 3.76. The number of rotatable bonds is 7. The molecule has 0 saturated heterocycles. The van der Waals surface area contributed by atoms with Crippen LogP contribution in [0.3, 0.4) is 0 Å². The van der Waals surface area contributed by atoms with Gasteiger partial charge < -0.3 is 16.2 Å². The van der Waals surface area contributed by atoms with Gasteiger partial charge in [0.15, 0.2) is 0 Å². The first-order valence-electron chi connectivity index (χ1n) is 7.37. The number of ether oxygens (including phenoxy) is 1. The van der Waals surface area contributed by atoms with Crippen LogP contribution in [0.5, 0.6) is 0 Å². The van der Waals surface area contributed by atoms with Crippen LogP contribution in [0.2, 0.25) is 0 Å². The van der Waals surface area contributed by atoms with E-state index in [1.54, 1.807) is 7.11 Å². The van der Waals surface area contributed by atoms with E-state index in [0.717, 1.165) is 29.5 Å². The van der Waals surface area contributed by atoms with Crippen LogP contribution >= 0.6 is 0 Å². The van der Waals surface area contributed by atoms with E-state index in [4.69, 9.17) is 21.6 Å². The summed E-state index contributed by atoms with van der Waals surface area (Å²) in [4.78, 5) is 0. The van der Waals surface area contributed by atoms with Crippen molar-refractivity contribution >= 4 is 5.84 Å². The molecule has 2 aromatic carbocycles. The summed E-state index contributed by atoms with van der Waals surface area (Å²) in [6.45, 7) is 1.14. The molecule has 0 fully saturated rings. The minimum Gasteiger partial charge on any atom is -0.384 e.